The van der Waals surface area contributed by atoms with Crippen LogP contribution in [0.15, 0.2) is 24.3 Å². The number of ether oxygens (including phenoxy) is 3. The van der Waals surface area contributed by atoms with Crippen molar-refractivity contribution in [3.05, 3.63) is 29.8 Å². The molecule has 2 atom stereocenters. The largest absolute Gasteiger partial charge is 0.497 e. The monoisotopic (exact) mass is 263 g/mol. The minimum absolute atomic E-state index is 0.199. The molecule has 2 aliphatic rings. The van der Waals surface area contributed by atoms with Crippen LogP contribution in [0.3, 0.4) is 0 Å². The topological polar surface area (TPSA) is 30.9 Å². The van der Waals surface area contributed by atoms with Crippen molar-refractivity contribution >= 4 is 0 Å². The van der Waals surface area contributed by atoms with Crippen molar-refractivity contribution in [1.29, 1.82) is 0 Å². The molecule has 0 spiro atoms. The van der Waals surface area contributed by atoms with Crippen LogP contribution in [0.5, 0.6) is 5.75 Å². The molecule has 0 N–H and O–H groups in total. The van der Waals surface area contributed by atoms with Gasteiger partial charge in [-0.2, -0.15) is 0 Å². The lowest BCUT2D eigenvalue weighted by Crippen LogP contribution is -2.31. The molecule has 0 unspecified atom stereocenters. The highest BCUT2D eigenvalue weighted by Gasteiger charge is 2.29. The third kappa shape index (κ3) is 3.08. The lowest BCUT2D eigenvalue weighted by atomic mass is 10.2. The third-order valence-corrected chi connectivity index (χ3v) is 3.80. The summed E-state index contributed by atoms with van der Waals surface area (Å²) >= 11 is 0. The molecule has 0 aromatic heterocycles. The van der Waals surface area contributed by atoms with Crippen LogP contribution in [-0.2, 0) is 9.47 Å². The fraction of sp³-hybridized carbons (Fsp3) is 0.600. The zero-order chi connectivity index (χ0) is 13.1. The molecule has 1 aromatic rings. The third-order valence-electron chi connectivity index (χ3n) is 3.80. The molecule has 3 rings (SSSR count). The highest BCUT2D eigenvalue weighted by Crippen LogP contribution is 2.28. The number of benzene rings is 1. The molecular weight excluding hydrogens is 242 g/mol. The van der Waals surface area contributed by atoms with E-state index in [2.05, 4.69) is 4.90 Å². The first-order valence-corrected chi connectivity index (χ1v) is 6.98. The minimum Gasteiger partial charge on any atom is -0.497 e. The van der Waals surface area contributed by atoms with Gasteiger partial charge >= 0.3 is 0 Å². The summed E-state index contributed by atoms with van der Waals surface area (Å²) in [6.45, 7) is 4.08. The van der Waals surface area contributed by atoms with E-state index in [-0.39, 0.29) is 12.4 Å². The predicted octanol–water partition coefficient (Wildman–Crippen LogP) is 2.21. The number of rotatable bonds is 4. The molecule has 0 aliphatic carbocycles. The van der Waals surface area contributed by atoms with Gasteiger partial charge in [-0.15, -0.1) is 0 Å². The van der Waals surface area contributed by atoms with E-state index in [1.54, 1.807) is 7.11 Å². The Morgan fingerprint density at radius 2 is 1.95 bits per heavy atom. The molecule has 2 saturated heterocycles. The average molecular weight is 263 g/mol. The van der Waals surface area contributed by atoms with Crippen molar-refractivity contribution in [2.75, 3.05) is 33.4 Å². The first kappa shape index (κ1) is 12.9. The molecule has 19 heavy (non-hydrogen) atoms. The predicted molar refractivity (Wildman–Crippen MR) is 72.2 cm³/mol. The first-order chi connectivity index (χ1) is 9.35. The van der Waals surface area contributed by atoms with Crippen molar-refractivity contribution in [3.63, 3.8) is 0 Å². The Labute approximate surface area is 114 Å². The highest BCUT2D eigenvalue weighted by atomic mass is 16.7. The van der Waals surface area contributed by atoms with Crippen LogP contribution in [0.4, 0.5) is 0 Å². The summed E-state index contributed by atoms with van der Waals surface area (Å²) in [5, 5.41) is 0. The molecular formula is C15H21NO3. The number of hydrogen-bond acceptors (Lipinski definition) is 4. The summed E-state index contributed by atoms with van der Waals surface area (Å²) in [6, 6.07) is 7.88. The fourth-order valence-corrected chi connectivity index (χ4v) is 2.73. The lowest BCUT2D eigenvalue weighted by Gasteiger charge is -2.18. The quantitative estimate of drug-likeness (QED) is 0.833. The summed E-state index contributed by atoms with van der Waals surface area (Å²) in [4.78, 5) is 2.46. The number of hydrogen-bond donors (Lipinski definition) is 0. The van der Waals surface area contributed by atoms with Crippen molar-refractivity contribution in [2.45, 2.75) is 25.2 Å². The molecule has 104 valence electrons. The van der Waals surface area contributed by atoms with Gasteiger partial charge in [-0.25, -0.2) is 0 Å². The molecule has 0 bridgehead atoms. The zero-order valence-corrected chi connectivity index (χ0v) is 11.4. The highest BCUT2D eigenvalue weighted by molar-refractivity contribution is 5.28. The molecule has 0 amide bonds. The Bertz CT molecular complexity index is 400. The smallest absolute Gasteiger partial charge is 0.184 e. The van der Waals surface area contributed by atoms with Gasteiger partial charge in [0.1, 0.15) is 5.75 Å². The Morgan fingerprint density at radius 3 is 2.63 bits per heavy atom. The second-order valence-corrected chi connectivity index (χ2v) is 5.20. The second-order valence-electron chi connectivity index (χ2n) is 5.20. The first-order valence-electron chi connectivity index (χ1n) is 6.98. The van der Waals surface area contributed by atoms with Crippen molar-refractivity contribution < 1.29 is 14.2 Å². The van der Waals surface area contributed by atoms with E-state index in [0.717, 1.165) is 17.9 Å². The van der Waals surface area contributed by atoms with Gasteiger partial charge in [0.15, 0.2) is 6.29 Å². The molecule has 0 radical (unpaired) electrons. The summed E-state index contributed by atoms with van der Waals surface area (Å²) in [7, 11) is 1.67. The molecule has 0 saturated carbocycles. The summed E-state index contributed by atoms with van der Waals surface area (Å²) in [5.41, 5.74) is 1.06. The van der Waals surface area contributed by atoms with Crippen molar-refractivity contribution in [1.82, 2.24) is 4.90 Å². The van der Waals surface area contributed by atoms with Gasteiger partial charge in [-0.1, -0.05) is 12.1 Å². The van der Waals surface area contributed by atoms with Gasteiger partial charge < -0.3 is 19.1 Å². The standard InChI is InChI=1S/C15H21NO3/c1-17-13-6-4-12(5-7-13)15-18-11-14(19-15)10-16-8-2-3-9-16/h4-7,14-15H,2-3,8-11H2,1H3/t14-,15+/m1/s1. The van der Waals surface area contributed by atoms with Crippen LogP contribution in [0.25, 0.3) is 0 Å². The van der Waals surface area contributed by atoms with E-state index in [4.69, 9.17) is 14.2 Å². The molecule has 2 aliphatic heterocycles. The maximum absolute atomic E-state index is 5.98. The fourth-order valence-electron chi connectivity index (χ4n) is 2.73. The van der Waals surface area contributed by atoms with Crippen molar-refractivity contribution in [3.8, 4) is 5.75 Å². The van der Waals surface area contributed by atoms with Crippen LogP contribution in [0.1, 0.15) is 24.7 Å². The average Bonchev–Trinajstić information content (AvgIpc) is 3.11. The molecule has 2 heterocycles. The van der Waals surface area contributed by atoms with E-state index in [1.807, 2.05) is 24.3 Å². The molecule has 4 heteroatoms. The zero-order valence-electron chi connectivity index (χ0n) is 11.4. The normalized spacial score (nSPS) is 27.8. The Hall–Kier alpha value is -1.10. The number of methoxy groups -OCH3 is 1. The van der Waals surface area contributed by atoms with Crippen LogP contribution in [0, 0.1) is 0 Å². The maximum atomic E-state index is 5.98. The van der Waals surface area contributed by atoms with Crippen molar-refractivity contribution in [2.24, 2.45) is 0 Å². The van der Waals surface area contributed by atoms with Gasteiger partial charge in [0.2, 0.25) is 0 Å². The van der Waals surface area contributed by atoms with Crippen LogP contribution < -0.4 is 4.74 Å². The van der Waals surface area contributed by atoms with E-state index in [9.17, 15) is 0 Å². The van der Waals surface area contributed by atoms with Gasteiger partial charge in [0.25, 0.3) is 0 Å². The Balaban J connectivity index is 1.55. The van der Waals surface area contributed by atoms with E-state index >= 15 is 0 Å². The molecule has 2 fully saturated rings. The second kappa shape index (κ2) is 5.90. The van der Waals surface area contributed by atoms with E-state index < -0.39 is 0 Å². The van der Waals surface area contributed by atoms with Gasteiger partial charge in [0.05, 0.1) is 19.8 Å². The Morgan fingerprint density at radius 1 is 1.21 bits per heavy atom. The van der Waals surface area contributed by atoms with Gasteiger partial charge in [-0.3, -0.25) is 0 Å². The van der Waals surface area contributed by atoms with Gasteiger partial charge in [0, 0.05) is 12.1 Å². The SMILES string of the molecule is COc1ccc([C@H]2OC[C@@H](CN3CCCC3)O2)cc1. The molecule has 4 nitrogen and oxygen atoms in total. The number of nitrogens with zero attached hydrogens (tertiary/aromatic N) is 1. The van der Waals surface area contributed by atoms with Crippen LogP contribution in [0.2, 0.25) is 0 Å². The van der Waals surface area contributed by atoms with E-state index in [0.29, 0.717) is 6.61 Å². The van der Waals surface area contributed by atoms with Crippen LogP contribution >= 0.6 is 0 Å². The number of likely N-dealkylation sites (tertiary alicyclic amines) is 1. The minimum atomic E-state index is -0.224. The molecule has 1 aromatic carbocycles. The summed E-state index contributed by atoms with van der Waals surface area (Å²) < 4.78 is 16.9. The van der Waals surface area contributed by atoms with Gasteiger partial charge in [-0.05, 0) is 38.1 Å². The van der Waals surface area contributed by atoms with E-state index in [1.165, 1.54) is 25.9 Å². The lowest BCUT2D eigenvalue weighted by molar-refractivity contribution is -0.0635. The maximum Gasteiger partial charge on any atom is 0.184 e. The Kier molecular flexibility index (Phi) is 4.01. The summed E-state index contributed by atoms with van der Waals surface area (Å²) in [5.74, 6) is 0.857. The van der Waals surface area contributed by atoms with Crippen LogP contribution in [-0.4, -0.2) is 44.4 Å². The summed E-state index contributed by atoms with van der Waals surface area (Å²) in [6.07, 6.45) is 2.61.